The standard InChI is InChI=1S/C8H9NO.2C2H6/c1-7(10)6-8-2-4-9-5-3-8;2*1-2/h2-5H,6H2,1H3;2*1-2H3. The molecular weight excluding hydrogens is 174 g/mol. The Bertz CT molecular complexity index is 219. The maximum atomic E-state index is 10.6. The number of Topliss-reactive ketones (excluding diaryl/α,β-unsaturated/α-hetero) is 1. The van der Waals surface area contributed by atoms with Gasteiger partial charge in [0.25, 0.3) is 0 Å². The number of hydrogen-bond donors (Lipinski definition) is 0. The summed E-state index contributed by atoms with van der Waals surface area (Å²) < 4.78 is 0. The summed E-state index contributed by atoms with van der Waals surface area (Å²) in [7, 11) is 0. The number of rotatable bonds is 2. The minimum Gasteiger partial charge on any atom is -0.300 e. The average Bonchev–Trinajstić information content (AvgIpc) is 2.24. The number of carbonyl (C=O) groups excluding carboxylic acids is 1. The first-order valence-corrected chi connectivity index (χ1v) is 5.17. The van der Waals surface area contributed by atoms with Crippen LogP contribution in [0.15, 0.2) is 24.5 Å². The average molecular weight is 195 g/mol. The van der Waals surface area contributed by atoms with Crippen molar-refractivity contribution in [3.05, 3.63) is 30.1 Å². The van der Waals surface area contributed by atoms with E-state index in [1.165, 1.54) is 0 Å². The zero-order chi connectivity index (χ0) is 11.4. The molecule has 0 amide bonds. The van der Waals surface area contributed by atoms with Gasteiger partial charge in [-0.15, -0.1) is 0 Å². The van der Waals surface area contributed by atoms with Crippen molar-refractivity contribution in [3.8, 4) is 0 Å². The monoisotopic (exact) mass is 195 g/mol. The minimum absolute atomic E-state index is 0.186. The molecule has 0 bridgehead atoms. The van der Waals surface area contributed by atoms with Gasteiger partial charge in [-0.05, 0) is 24.6 Å². The van der Waals surface area contributed by atoms with Gasteiger partial charge < -0.3 is 0 Å². The number of hydrogen-bond acceptors (Lipinski definition) is 2. The molecule has 2 nitrogen and oxygen atoms in total. The molecule has 2 heteroatoms. The van der Waals surface area contributed by atoms with Crippen LogP contribution in [0.5, 0.6) is 0 Å². The predicted molar refractivity (Wildman–Crippen MR) is 61.3 cm³/mol. The van der Waals surface area contributed by atoms with Crippen molar-refractivity contribution in [2.75, 3.05) is 0 Å². The number of ketones is 1. The van der Waals surface area contributed by atoms with Gasteiger partial charge in [-0.25, -0.2) is 0 Å². The second kappa shape index (κ2) is 11.8. The largest absolute Gasteiger partial charge is 0.300 e. The number of carbonyl (C=O) groups is 1. The maximum absolute atomic E-state index is 10.6. The molecule has 0 aliphatic carbocycles. The first-order chi connectivity index (χ1) is 6.79. The lowest BCUT2D eigenvalue weighted by Gasteiger charge is -1.93. The van der Waals surface area contributed by atoms with Gasteiger partial charge in [0.1, 0.15) is 5.78 Å². The number of aromatic nitrogens is 1. The Labute approximate surface area is 87.4 Å². The molecule has 1 aromatic rings. The Kier molecular flexibility index (Phi) is 12.9. The van der Waals surface area contributed by atoms with E-state index >= 15 is 0 Å². The van der Waals surface area contributed by atoms with Crippen LogP contribution in [0.4, 0.5) is 0 Å². The first-order valence-electron chi connectivity index (χ1n) is 5.17. The van der Waals surface area contributed by atoms with Crippen LogP contribution in [-0.2, 0) is 11.2 Å². The van der Waals surface area contributed by atoms with Gasteiger partial charge in [0.15, 0.2) is 0 Å². The lowest BCUT2D eigenvalue weighted by Crippen LogP contribution is -1.95. The van der Waals surface area contributed by atoms with Crippen molar-refractivity contribution in [2.45, 2.75) is 41.0 Å². The second-order valence-corrected chi connectivity index (χ2v) is 2.23. The summed E-state index contributed by atoms with van der Waals surface area (Å²) >= 11 is 0. The number of nitrogens with zero attached hydrogens (tertiary/aromatic N) is 1. The Morgan fingerprint density at radius 2 is 1.57 bits per heavy atom. The molecule has 0 aliphatic heterocycles. The van der Waals surface area contributed by atoms with Gasteiger partial charge in [0.2, 0.25) is 0 Å². The maximum Gasteiger partial charge on any atom is 0.134 e. The topological polar surface area (TPSA) is 30.0 Å². The highest BCUT2D eigenvalue weighted by Gasteiger charge is 1.93. The zero-order valence-electron chi connectivity index (χ0n) is 9.87. The quantitative estimate of drug-likeness (QED) is 0.725. The fourth-order valence-electron chi connectivity index (χ4n) is 0.788. The summed E-state index contributed by atoms with van der Waals surface area (Å²) in [5.74, 6) is 0.186. The van der Waals surface area contributed by atoms with E-state index < -0.39 is 0 Å². The number of pyridine rings is 1. The van der Waals surface area contributed by atoms with Gasteiger partial charge in [-0.2, -0.15) is 0 Å². The molecule has 0 aliphatic rings. The summed E-state index contributed by atoms with van der Waals surface area (Å²) in [6.45, 7) is 9.58. The van der Waals surface area contributed by atoms with E-state index in [-0.39, 0.29) is 5.78 Å². The van der Waals surface area contributed by atoms with Crippen LogP contribution in [-0.4, -0.2) is 10.8 Å². The first kappa shape index (κ1) is 15.3. The normalized spacial score (nSPS) is 7.50. The Morgan fingerprint density at radius 1 is 1.14 bits per heavy atom. The fourth-order valence-corrected chi connectivity index (χ4v) is 0.788. The van der Waals surface area contributed by atoms with Crippen molar-refractivity contribution in [1.29, 1.82) is 0 Å². The molecule has 0 saturated carbocycles. The van der Waals surface area contributed by atoms with E-state index in [9.17, 15) is 4.79 Å². The Hall–Kier alpha value is -1.18. The van der Waals surface area contributed by atoms with E-state index in [2.05, 4.69) is 4.98 Å². The molecule has 0 radical (unpaired) electrons. The van der Waals surface area contributed by atoms with Crippen LogP contribution >= 0.6 is 0 Å². The second-order valence-electron chi connectivity index (χ2n) is 2.23. The fraction of sp³-hybridized carbons (Fsp3) is 0.500. The zero-order valence-corrected chi connectivity index (χ0v) is 9.87. The van der Waals surface area contributed by atoms with Crippen molar-refractivity contribution in [1.82, 2.24) is 4.98 Å². The lowest BCUT2D eigenvalue weighted by atomic mass is 10.1. The Morgan fingerprint density at radius 3 is 1.93 bits per heavy atom. The molecule has 0 N–H and O–H groups in total. The van der Waals surface area contributed by atoms with E-state index in [0.29, 0.717) is 6.42 Å². The minimum atomic E-state index is 0.186. The van der Waals surface area contributed by atoms with Gasteiger partial charge in [-0.3, -0.25) is 9.78 Å². The molecule has 0 spiro atoms. The van der Waals surface area contributed by atoms with Crippen LogP contribution in [0.3, 0.4) is 0 Å². The third-order valence-electron chi connectivity index (χ3n) is 1.20. The van der Waals surface area contributed by atoms with Crippen LogP contribution in [0, 0.1) is 0 Å². The molecule has 0 saturated heterocycles. The van der Waals surface area contributed by atoms with E-state index in [1.54, 1.807) is 19.3 Å². The van der Waals surface area contributed by atoms with Crippen molar-refractivity contribution >= 4 is 5.78 Å². The van der Waals surface area contributed by atoms with Crippen molar-refractivity contribution in [3.63, 3.8) is 0 Å². The van der Waals surface area contributed by atoms with Crippen LogP contribution in [0.25, 0.3) is 0 Å². The SMILES string of the molecule is CC.CC.CC(=O)Cc1ccncc1. The van der Waals surface area contributed by atoms with Crippen LogP contribution < -0.4 is 0 Å². The molecule has 1 aromatic heterocycles. The summed E-state index contributed by atoms with van der Waals surface area (Å²) in [6.07, 6.45) is 3.90. The van der Waals surface area contributed by atoms with Gasteiger partial charge in [0, 0.05) is 18.8 Å². The molecule has 1 heterocycles. The molecule has 1 rings (SSSR count). The third-order valence-corrected chi connectivity index (χ3v) is 1.20. The molecule has 0 unspecified atom stereocenters. The van der Waals surface area contributed by atoms with E-state index in [4.69, 9.17) is 0 Å². The molecule has 0 atom stereocenters. The van der Waals surface area contributed by atoms with Crippen molar-refractivity contribution < 1.29 is 4.79 Å². The lowest BCUT2D eigenvalue weighted by molar-refractivity contribution is -0.116. The third kappa shape index (κ3) is 8.91. The molecule has 80 valence electrons. The van der Waals surface area contributed by atoms with Crippen LogP contribution in [0.1, 0.15) is 40.2 Å². The Balaban J connectivity index is 0. The van der Waals surface area contributed by atoms with Gasteiger partial charge >= 0.3 is 0 Å². The summed E-state index contributed by atoms with van der Waals surface area (Å²) in [5.41, 5.74) is 1.03. The molecule has 0 aromatic carbocycles. The highest BCUT2D eigenvalue weighted by molar-refractivity contribution is 5.78. The smallest absolute Gasteiger partial charge is 0.134 e. The predicted octanol–water partition coefficient (Wildman–Crippen LogP) is 3.27. The molecule has 0 fully saturated rings. The molecule has 14 heavy (non-hydrogen) atoms. The highest BCUT2D eigenvalue weighted by Crippen LogP contribution is 1.96. The van der Waals surface area contributed by atoms with Crippen molar-refractivity contribution in [2.24, 2.45) is 0 Å². The van der Waals surface area contributed by atoms with Gasteiger partial charge in [0.05, 0.1) is 0 Å². The van der Waals surface area contributed by atoms with Gasteiger partial charge in [-0.1, -0.05) is 27.7 Å². The van der Waals surface area contributed by atoms with E-state index in [1.807, 2.05) is 39.8 Å². The molecular formula is C12H21NO. The van der Waals surface area contributed by atoms with E-state index in [0.717, 1.165) is 5.56 Å². The summed E-state index contributed by atoms with van der Waals surface area (Å²) in [4.78, 5) is 14.4. The highest BCUT2D eigenvalue weighted by atomic mass is 16.1. The van der Waals surface area contributed by atoms with Crippen LogP contribution in [0.2, 0.25) is 0 Å². The summed E-state index contributed by atoms with van der Waals surface area (Å²) in [5, 5.41) is 0. The summed E-state index contributed by atoms with van der Waals surface area (Å²) in [6, 6.07) is 3.70.